The Hall–Kier alpha value is -2.29. The van der Waals surface area contributed by atoms with Crippen molar-refractivity contribution in [2.24, 2.45) is 0 Å². The zero-order valence-corrected chi connectivity index (χ0v) is 22.3. The third-order valence-electron chi connectivity index (χ3n) is 5.54. The van der Waals surface area contributed by atoms with Crippen molar-refractivity contribution in [2.45, 2.75) is 52.7 Å². The number of nitrogens with one attached hydrogen (secondary N) is 1. The monoisotopic (exact) mass is 527 g/mol. The van der Waals surface area contributed by atoms with Gasteiger partial charge >= 0.3 is 0 Å². The maximum atomic E-state index is 13.5. The van der Waals surface area contributed by atoms with Gasteiger partial charge < -0.3 is 10.2 Å². The maximum absolute atomic E-state index is 13.5. The van der Waals surface area contributed by atoms with Gasteiger partial charge in [-0.25, -0.2) is 8.42 Å². The van der Waals surface area contributed by atoms with Gasteiger partial charge in [0.15, 0.2) is 0 Å². The number of hydrogen-bond acceptors (Lipinski definition) is 4. The summed E-state index contributed by atoms with van der Waals surface area (Å²) in [7, 11) is -3.80. The van der Waals surface area contributed by atoms with E-state index >= 15 is 0 Å². The Labute approximate surface area is 212 Å². The fourth-order valence-corrected chi connectivity index (χ4v) is 4.59. The molecule has 7 nitrogen and oxygen atoms in total. The molecule has 186 valence electrons. The molecule has 0 heterocycles. The van der Waals surface area contributed by atoms with Crippen LogP contribution in [0.5, 0.6) is 0 Å². The van der Waals surface area contributed by atoms with E-state index in [2.05, 4.69) is 5.32 Å². The molecule has 2 atom stereocenters. The number of aryl methyl sites for hydroxylation is 1. The van der Waals surface area contributed by atoms with Crippen LogP contribution in [-0.2, 0) is 26.2 Å². The third kappa shape index (κ3) is 7.61. The molecule has 0 saturated carbocycles. The Morgan fingerprint density at radius 3 is 2.15 bits per heavy atom. The SMILES string of the molecule is CC[C@@H](C)NC(=O)[C@H](C)N(Cc1ccc(Cl)cc1)C(=O)CN(c1ccc(Cl)cc1C)S(C)(=O)=O. The molecule has 2 aromatic carbocycles. The third-order valence-corrected chi connectivity index (χ3v) is 7.15. The Balaban J connectivity index is 2.41. The molecule has 2 amide bonds. The lowest BCUT2D eigenvalue weighted by Gasteiger charge is -2.32. The number of amides is 2. The molecule has 0 radical (unpaired) electrons. The van der Waals surface area contributed by atoms with Gasteiger partial charge in [-0.2, -0.15) is 0 Å². The van der Waals surface area contributed by atoms with E-state index in [0.29, 0.717) is 21.3 Å². The minimum absolute atomic E-state index is 0.0633. The summed E-state index contributed by atoms with van der Waals surface area (Å²) in [6.45, 7) is 6.83. The zero-order valence-electron chi connectivity index (χ0n) is 20.0. The molecule has 2 aromatic rings. The number of sulfonamides is 1. The highest BCUT2D eigenvalue weighted by atomic mass is 35.5. The first-order valence-electron chi connectivity index (χ1n) is 10.9. The standard InChI is InChI=1S/C24H31Cl2N3O4S/c1-6-17(3)27-24(31)18(4)28(14-19-7-9-20(25)10-8-19)23(30)15-29(34(5,32)33)22-12-11-21(26)13-16(22)2/h7-13,17-18H,6,14-15H2,1-5H3,(H,27,31)/t17-,18+/m1/s1. The molecule has 0 aliphatic rings. The quantitative estimate of drug-likeness (QED) is 0.495. The highest BCUT2D eigenvalue weighted by Crippen LogP contribution is 2.26. The normalized spacial score (nSPS) is 13.1. The van der Waals surface area contributed by atoms with Crippen molar-refractivity contribution in [3.05, 3.63) is 63.6 Å². The van der Waals surface area contributed by atoms with Gasteiger partial charge in [0.1, 0.15) is 12.6 Å². The minimum Gasteiger partial charge on any atom is -0.352 e. The number of anilines is 1. The van der Waals surface area contributed by atoms with Gasteiger partial charge in [0.25, 0.3) is 0 Å². The lowest BCUT2D eigenvalue weighted by atomic mass is 10.1. The average Bonchev–Trinajstić information content (AvgIpc) is 2.76. The highest BCUT2D eigenvalue weighted by molar-refractivity contribution is 7.92. The first-order chi connectivity index (χ1) is 15.8. The van der Waals surface area contributed by atoms with Crippen LogP contribution in [0.1, 0.15) is 38.3 Å². The molecule has 1 N–H and O–H groups in total. The lowest BCUT2D eigenvalue weighted by molar-refractivity contribution is -0.139. The Bertz CT molecular complexity index is 1120. The predicted octanol–water partition coefficient (Wildman–Crippen LogP) is 4.40. The first-order valence-corrected chi connectivity index (χ1v) is 13.5. The summed E-state index contributed by atoms with van der Waals surface area (Å²) < 4.78 is 26.3. The number of carbonyl (C=O) groups is 2. The van der Waals surface area contributed by atoms with Crippen LogP contribution in [0.4, 0.5) is 5.69 Å². The second kappa shape index (κ2) is 11.9. The molecular weight excluding hydrogens is 497 g/mol. The van der Waals surface area contributed by atoms with E-state index in [1.807, 2.05) is 13.8 Å². The average molecular weight is 529 g/mol. The Kier molecular flexibility index (Phi) is 9.79. The van der Waals surface area contributed by atoms with E-state index in [1.54, 1.807) is 56.3 Å². The summed E-state index contributed by atoms with van der Waals surface area (Å²) in [4.78, 5) is 27.8. The first kappa shape index (κ1) is 28.0. The topological polar surface area (TPSA) is 86.8 Å². The van der Waals surface area contributed by atoms with Crippen LogP contribution in [0.3, 0.4) is 0 Å². The summed E-state index contributed by atoms with van der Waals surface area (Å²) in [6, 6.07) is 10.8. The van der Waals surface area contributed by atoms with Crippen molar-refractivity contribution in [2.75, 3.05) is 17.1 Å². The van der Waals surface area contributed by atoms with Crippen molar-refractivity contribution in [1.29, 1.82) is 0 Å². The van der Waals surface area contributed by atoms with Crippen molar-refractivity contribution in [3.8, 4) is 0 Å². The largest absolute Gasteiger partial charge is 0.352 e. The van der Waals surface area contributed by atoms with Crippen LogP contribution in [0.2, 0.25) is 10.0 Å². The minimum atomic E-state index is -3.80. The zero-order chi connectivity index (χ0) is 25.6. The predicted molar refractivity (Wildman–Crippen MR) is 138 cm³/mol. The van der Waals surface area contributed by atoms with Gasteiger partial charge in [-0.05, 0) is 68.7 Å². The molecule has 0 unspecified atom stereocenters. The molecule has 10 heteroatoms. The molecule has 0 aromatic heterocycles. The molecule has 0 aliphatic carbocycles. The number of rotatable bonds is 10. The van der Waals surface area contributed by atoms with Crippen LogP contribution in [-0.4, -0.2) is 50.0 Å². The van der Waals surface area contributed by atoms with Gasteiger partial charge in [-0.1, -0.05) is 42.3 Å². The second-order valence-electron chi connectivity index (χ2n) is 8.34. The van der Waals surface area contributed by atoms with Gasteiger partial charge in [0, 0.05) is 22.6 Å². The van der Waals surface area contributed by atoms with E-state index in [9.17, 15) is 18.0 Å². The Morgan fingerprint density at radius 1 is 1.03 bits per heavy atom. The van der Waals surface area contributed by atoms with E-state index < -0.39 is 28.5 Å². The molecule has 2 rings (SSSR count). The molecule has 34 heavy (non-hydrogen) atoms. The molecule has 0 bridgehead atoms. The van der Waals surface area contributed by atoms with Gasteiger partial charge in [0.05, 0.1) is 11.9 Å². The van der Waals surface area contributed by atoms with Gasteiger partial charge in [-0.3, -0.25) is 13.9 Å². The Morgan fingerprint density at radius 2 is 1.62 bits per heavy atom. The van der Waals surface area contributed by atoms with Crippen molar-refractivity contribution in [1.82, 2.24) is 10.2 Å². The number of hydrogen-bond donors (Lipinski definition) is 1. The fourth-order valence-electron chi connectivity index (χ4n) is 3.33. The summed E-state index contributed by atoms with van der Waals surface area (Å²) in [5.41, 5.74) is 1.72. The van der Waals surface area contributed by atoms with Crippen molar-refractivity contribution >= 4 is 50.7 Å². The molecule has 0 fully saturated rings. The van der Waals surface area contributed by atoms with Crippen LogP contribution < -0.4 is 9.62 Å². The number of carbonyl (C=O) groups excluding carboxylic acids is 2. The summed E-state index contributed by atoms with van der Waals surface area (Å²) in [5.74, 6) is -0.827. The maximum Gasteiger partial charge on any atom is 0.244 e. The van der Waals surface area contributed by atoms with E-state index in [4.69, 9.17) is 23.2 Å². The van der Waals surface area contributed by atoms with Gasteiger partial charge in [-0.15, -0.1) is 0 Å². The van der Waals surface area contributed by atoms with E-state index in [1.165, 1.54) is 4.90 Å². The number of benzene rings is 2. The highest BCUT2D eigenvalue weighted by Gasteiger charge is 2.31. The smallest absolute Gasteiger partial charge is 0.244 e. The van der Waals surface area contributed by atoms with Crippen LogP contribution in [0.15, 0.2) is 42.5 Å². The lowest BCUT2D eigenvalue weighted by Crippen LogP contribution is -2.52. The molecular formula is C24H31Cl2N3O4S. The van der Waals surface area contributed by atoms with E-state index in [0.717, 1.165) is 22.5 Å². The second-order valence-corrected chi connectivity index (χ2v) is 11.1. The number of nitrogens with zero attached hydrogens (tertiary/aromatic N) is 2. The van der Waals surface area contributed by atoms with Crippen molar-refractivity contribution < 1.29 is 18.0 Å². The molecule has 0 saturated heterocycles. The van der Waals surface area contributed by atoms with E-state index in [-0.39, 0.29) is 18.5 Å². The molecule has 0 aliphatic heterocycles. The molecule has 0 spiro atoms. The number of halogens is 2. The van der Waals surface area contributed by atoms with Crippen LogP contribution in [0.25, 0.3) is 0 Å². The summed E-state index contributed by atoms with van der Waals surface area (Å²) in [5, 5.41) is 3.90. The van der Waals surface area contributed by atoms with Crippen LogP contribution in [0, 0.1) is 6.92 Å². The van der Waals surface area contributed by atoms with Gasteiger partial charge in [0.2, 0.25) is 21.8 Å². The van der Waals surface area contributed by atoms with Crippen molar-refractivity contribution in [3.63, 3.8) is 0 Å². The fraction of sp³-hybridized carbons (Fsp3) is 0.417. The van der Waals surface area contributed by atoms with Crippen LogP contribution >= 0.6 is 23.2 Å². The summed E-state index contributed by atoms with van der Waals surface area (Å²) >= 11 is 12.0. The summed E-state index contributed by atoms with van der Waals surface area (Å²) in [6.07, 6.45) is 1.78.